The Morgan fingerprint density at radius 2 is 1.42 bits per heavy atom. The monoisotopic (exact) mass is 483 g/mol. The van der Waals surface area contributed by atoms with E-state index in [0.717, 1.165) is 4.90 Å². The van der Waals surface area contributed by atoms with Crippen LogP contribution in [0.25, 0.3) is 0 Å². The highest BCUT2D eigenvalue weighted by atomic mass is 35.5. The van der Waals surface area contributed by atoms with Gasteiger partial charge >= 0.3 is 6.03 Å². The second-order valence-electron chi connectivity index (χ2n) is 7.27. The summed E-state index contributed by atoms with van der Waals surface area (Å²) in [5.74, 6) is -2.58. The van der Waals surface area contributed by atoms with Crippen molar-refractivity contribution in [1.82, 2.24) is 5.32 Å². The number of carbonyl (C=O) groups excluding carboxylic acids is 3. The minimum absolute atomic E-state index is 0.157. The number of nitrogens with zero attached hydrogens (tertiary/aromatic N) is 2. The second-order valence-corrected chi connectivity index (χ2v) is 8.15. The molecule has 10 heteroatoms. The number of ketones is 1. The third-order valence-electron chi connectivity index (χ3n) is 5.26. The van der Waals surface area contributed by atoms with Gasteiger partial charge in [0.15, 0.2) is 5.78 Å². The molecule has 1 aliphatic rings. The van der Waals surface area contributed by atoms with Gasteiger partial charge in [0.2, 0.25) is 5.91 Å². The van der Waals surface area contributed by atoms with Crippen molar-refractivity contribution in [3.63, 3.8) is 0 Å². The van der Waals surface area contributed by atoms with Crippen LogP contribution in [0.1, 0.15) is 22.0 Å². The number of non-ortho nitro benzene ring substituents is 1. The van der Waals surface area contributed by atoms with Gasteiger partial charge < -0.3 is 5.32 Å². The SMILES string of the molecule is O=C(c1ccc(Cl)cc1)[C@@H]1C(=O)N(c2ccc(Cl)cc2)C(=O)N[C@@H]1c1ccc([N+](=O)[O-])cc1. The van der Waals surface area contributed by atoms with Gasteiger partial charge in [-0.05, 0) is 54.1 Å². The predicted molar refractivity (Wildman–Crippen MR) is 123 cm³/mol. The molecule has 0 spiro atoms. The molecule has 1 N–H and O–H groups in total. The minimum atomic E-state index is -1.32. The van der Waals surface area contributed by atoms with Gasteiger partial charge in [-0.15, -0.1) is 0 Å². The van der Waals surface area contributed by atoms with Crippen LogP contribution in [0.5, 0.6) is 0 Å². The Hall–Kier alpha value is -3.75. The molecule has 0 bridgehead atoms. The lowest BCUT2D eigenvalue weighted by Crippen LogP contribution is -2.58. The topological polar surface area (TPSA) is 110 Å². The Bertz CT molecular complexity index is 1240. The second kappa shape index (κ2) is 9.01. The van der Waals surface area contributed by atoms with E-state index in [-0.39, 0.29) is 16.9 Å². The number of carbonyl (C=O) groups is 3. The van der Waals surface area contributed by atoms with Crippen LogP contribution in [0.4, 0.5) is 16.2 Å². The number of nitro benzene ring substituents is 1. The molecule has 1 fully saturated rings. The Balaban J connectivity index is 1.78. The number of anilines is 1. The van der Waals surface area contributed by atoms with Gasteiger partial charge in [0, 0.05) is 27.7 Å². The normalized spacial score (nSPS) is 18.1. The van der Waals surface area contributed by atoms with Gasteiger partial charge in [0.1, 0.15) is 5.92 Å². The molecule has 0 aliphatic carbocycles. The number of nitro groups is 1. The first-order valence-electron chi connectivity index (χ1n) is 9.70. The number of halogens is 2. The summed E-state index contributed by atoms with van der Waals surface area (Å²) < 4.78 is 0. The number of rotatable bonds is 5. The number of nitrogens with one attached hydrogen (secondary N) is 1. The summed E-state index contributed by atoms with van der Waals surface area (Å²) in [6, 6.07) is 15.6. The molecule has 33 heavy (non-hydrogen) atoms. The van der Waals surface area contributed by atoms with Crippen molar-refractivity contribution >= 4 is 52.3 Å². The molecule has 1 saturated heterocycles. The maximum Gasteiger partial charge on any atom is 0.329 e. The first kappa shape index (κ1) is 22.4. The fourth-order valence-electron chi connectivity index (χ4n) is 3.63. The number of hydrogen-bond donors (Lipinski definition) is 1. The molecular formula is C23H15Cl2N3O5. The summed E-state index contributed by atoms with van der Waals surface area (Å²) in [5, 5.41) is 14.5. The van der Waals surface area contributed by atoms with Gasteiger partial charge in [-0.1, -0.05) is 35.3 Å². The largest absolute Gasteiger partial charge is 0.329 e. The molecule has 4 rings (SSSR count). The van der Waals surface area contributed by atoms with E-state index in [0.29, 0.717) is 15.6 Å². The van der Waals surface area contributed by atoms with E-state index in [1.807, 2.05) is 0 Å². The molecule has 1 heterocycles. The van der Waals surface area contributed by atoms with E-state index in [1.165, 1.54) is 72.8 Å². The minimum Gasteiger partial charge on any atom is -0.329 e. The van der Waals surface area contributed by atoms with Crippen LogP contribution >= 0.6 is 23.2 Å². The van der Waals surface area contributed by atoms with Crippen molar-refractivity contribution in [2.75, 3.05) is 4.90 Å². The van der Waals surface area contributed by atoms with Gasteiger partial charge in [0.25, 0.3) is 5.69 Å². The average Bonchev–Trinajstić information content (AvgIpc) is 2.80. The van der Waals surface area contributed by atoms with Crippen LogP contribution < -0.4 is 10.2 Å². The number of amides is 3. The number of benzene rings is 3. The van der Waals surface area contributed by atoms with Crippen LogP contribution in [0.3, 0.4) is 0 Å². The van der Waals surface area contributed by atoms with E-state index in [9.17, 15) is 24.5 Å². The number of hydrogen-bond acceptors (Lipinski definition) is 5. The van der Waals surface area contributed by atoms with Crippen molar-refractivity contribution in [3.8, 4) is 0 Å². The van der Waals surface area contributed by atoms with Crippen molar-refractivity contribution in [3.05, 3.63) is 104 Å². The predicted octanol–water partition coefficient (Wildman–Crippen LogP) is 5.20. The molecule has 2 atom stereocenters. The third-order valence-corrected chi connectivity index (χ3v) is 5.76. The maximum absolute atomic E-state index is 13.5. The number of urea groups is 1. The zero-order chi connectivity index (χ0) is 23.7. The fraction of sp³-hybridized carbons (Fsp3) is 0.0870. The highest BCUT2D eigenvalue weighted by Crippen LogP contribution is 2.34. The van der Waals surface area contributed by atoms with Crippen LogP contribution in [-0.4, -0.2) is 22.6 Å². The highest BCUT2D eigenvalue weighted by molar-refractivity contribution is 6.31. The van der Waals surface area contributed by atoms with Crippen molar-refractivity contribution in [2.45, 2.75) is 6.04 Å². The molecular weight excluding hydrogens is 469 g/mol. The van der Waals surface area contributed by atoms with Gasteiger partial charge in [-0.25, -0.2) is 9.69 Å². The molecule has 3 aromatic carbocycles. The van der Waals surface area contributed by atoms with Crippen LogP contribution in [0.2, 0.25) is 10.0 Å². The average molecular weight is 484 g/mol. The van der Waals surface area contributed by atoms with Gasteiger partial charge in [-0.3, -0.25) is 19.7 Å². The van der Waals surface area contributed by atoms with Crippen molar-refractivity contribution in [1.29, 1.82) is 0 Å². The molecule has 166 valence electrons. The summed E-state index contributed by atoms with van der Waals surface area (Å²) >= 11 is 11.8. The lowest BCUT2D eigenvalue weighted by atomic mass is 9.84. The molecule has 0 unspecified atom stereocenters. The summed E-state index contributed by atoms with van der Waals surface area (Å²) in [6.07, 6.45) is 0. The molecule has 1 aliphatic heterocycles. The van der Waals surface area contributed by atoms with Gasteiger partial charge in [-0.2, -0.15) is 0 Å². The quantitative estimate of drug-likeness (QED) is 0.232. The number of imide groups is 1. The summed E-state index contributed by atoms with van der Waals surface area (Å²) in [5.41, 5.74) is 0.704. The van der Waals surface area contributed by atoms with E-state index < -0.39 is 34.6 Å². The van der Waals surface area contributed by atoms with E-state index in [2.05, 4.69) is 5.32 Å². The molecule has 8 nitrogen and oxygen atoms in total. The third kappa shape index (κ3) is 4.44. The maximum atomic E-state index is 13.5. The first-order chi connectivity index (χ1) is 15.8. The number of Topliss-reactive ketones (excluding diaryl/α,β-unsaturated/α-hetero) is 1. The van der Waals surface area contributed by atoms with E-state index in [4.69, 9.17) is 23.2 Å². The lowest BCUT2D eigenvalue weighted by Gasteiger charge is -2.37. The highest BCUT2D eigenvalue weighted by Gasteiger charge is 2.46. The molecule has 0 saturated carbocycles. The Morgan fingerprint density at radius 3 is 1.97 bits per heavy atom. The molecule has 0 aromatic heterocycles. The smallest absolute Gasteiger partial charge is 0.329 e. The van der Waals surface area contributed by atoms with Crippen LogP contribution in [0, 0.1) is 16.0 Å². The Morgan fingerprint density at radius 1 is 0.879 bits per heavy atom. The first-order valence-corrected chi connectivity index (χ1v) is 10.5. The van der Waals surface area contributed by atoms with Crippen LogP contribution in [-0.2, 0) is 4.79 Å². The van der Waals surface area contributed by atoms with E-state index in [1.54, 1.807) is 0 Å². The van der Waals surface area contributed by atoms with Crippen molar-refractivity contribution in [2.24, 2.45) is 5.92 Å². The summed E-state index contributed by atoms with van der Waals surface area (Å²) in [4.78, 5) is 51.2. The Labute approximate surface area is 197 Å². The lowest BCUT2D eigenvalue weighted by molar-refractivity contribution is -0.384. The zero-order valence-electron chi connectivity index (χ0n) is 16.8. The van der Waals surface area contributed by atoms with Gasteiger partial charge in [0.05, 0.1) is 16.7 Å². The summed E-state index contributed by atoms with van der Waals surface area (Å²) in [7, 11) is 0. The fourth-order valence-corrected chi connectivity index (χ4v) is 3.89. The summed E-state index contributed by atoms with van der Waals surface area (Å²) in [6.45, 7) is 0. The standard InChI is InChI=1S/C23H15Cl2N3O5/c24-15-5-1-14(2-6-15)21(29)19-20(13-3-9-18(10-4-13)28(32)33)26-23(31)27(22(19)30)17-11-7-16(25)8-12-17/h1-12,19-20H,(H,26,31)/t19-,20-/m1/s1. The van der Waals surface area contributed by atoms with Crippen molar-refractivity contribution < 1.29 is 19.3 Å². The van der Waals surface area contributed by atoms with Crippen LogP contribution in [0.15, 0.2) is 72.8 Å². The zero-order valence-corrected chi connectivity index (χ0v) is 18.3. The molecule has 3 aromatic rings. The molecule has 0 radical (unpaired) electrons. The molecule has 3 amide bonds. The Kier molecular flexibility index (Phi) is 6.13. The van der Waals surface area contributed by atoms with E-state index >= 15 is 0 Å².